The first-order valence-corrected chi connectivity index (χ1v) is 12.8. The fourth-order valence-corrected chi connectivity index (χ4v) is 5.56. The van der Waals surface area contributed by atoms with Gasteiger partial charge in [0.2, 0.25) is 0 Å². The van der Waals surface area contributed by atoms with Crippen molar-refractivity contribution in [3.05, 3.63) is 132 Å². The molecule has 0 unspecified atom stereocenters. The molecule has 176 valence electrons. The lowest BCUT2D eigenvalue weighted by Gasteiger charge is -2.09. The maximum atomic E-state index is 6.26. The lowest BCUT2D eigenvalue weighted by molar-refractivity contribution is 0.670. The second-order valence-electron chi connectivity index (χ2n) is 10.0. The number of hydrogen-bond acceptors (Lipinski definition) is 1. The molecule has 0 aliphatic carbocycles. The van der Waals surface area contributed by atoms with Gasteiger partial charge in [0.1, 0.15) is 11.2 Å². The Morgan fingerprint density at radius 2 is 1.03 bits per heavy atom. The van der Waals surface area contributed by atoms with Gasteiger partial charge in [0, 0.05) is 16.3 Å². The summed E-state index contributed by atoms with van der Waals surface area (Å²) in [6.07, 6.45) is 0. The summed E-state index contributed by atoms with van der Waals surface area (Å²) in [6.45, 7) is 4.32. The van der Waals surface area contributed by atoms with E-state index in [1.807, 2.05) is 12.1 Å². The van der Waals surface area contributed by atoms with Crippen LogP contribution in [0, 0.1) is 13.8 Å². The second kappa shape index (κ2) is 8.50. The van der Waals surface area contributed by atoms with Crippen LogP contribution >= 0.6 is 0 Å². The number of benzene rings is 6. The van der Waals surface area contributed by atoms with Crippen LogP contribution in [-0.4, -0.2) is 0 Å². The van der Waals surface area contributed by atoms with Gasteiger partial charge in [0.15, 0.2) is 0 Å². The number of fused-ring (bicyclic) bond motifs is 4. The van der Waals surface area contributed by atoms with Crippen molar-refractivity contribution in [1.82, 2.24) is 0 Å². The van der Waals surface area contributed by atoms with Gasteiger partial charge in [-0.15, -0.1) is 0 Å². The normalized spacial score (nSPS) is 11.5. The van der Waals surface area contributed by atoms with Crippen molar-refractivity contribution in [2.24, 2.45) is 0 Å². The summed E-state index contributed by atoms with van der Waals surface area (Å²) in [4.78, 5) is 0. The zero-order chi connectivity index (χ0) is 24.9. The molecular formula is C36H26O. The van der Waals surface area contributed by atoms with Gasteiger partial charge in [0.05, 0.1) is 0 Å². The second-order valence-corrected chi connectivity index (χ2v) is 10.0. The van der Waals surface area contributed by atoms with Crippen LogP contribution in [0.15, 0.2) is 126 Å². The molecule has 0 N–H and O–H groups in total. The lowest BCUT2D eigenvalue weighted by atomic mass is 9.95. The molecule has 0 fully saturated rings. The number of furan rings is 1. The highest BCUT2D eigenvalue weighted by Crippen LogP contribution is 2.36. The third kappa shape index (κ3) is 3.80. The van der Waals surface area contributed by atoms with E-state index in [4.69, 9.17) is 4.42 Å². The Labute approximate surface area is 216 Å². The summed E-state index contributed by atoms with van der Waals surface area (Å²) in [6, 6.07) is 43.7. The Bertz CT molecular complexity index is 1920. The van der Waals surface area contributed by atoms with Crippen LogP contribution in [0.2, 0.25) is 0 Å². The molecule has 1 nitrogen and oxygen atoms in total. The zero-order valence-corrected chi connectivity index (χ0v) is 21.0. The van der Waals surface area contributed by atoms with Crippen molar-refractivity contribution in [1.29, 1.82) is 0 Å². The number of aryl methyl sites for hydroxylation is 2. The average Bonchev–Trinajstić information content (AvgIpc) is 3.31. The molecule has 37 heavy (non-hydrogen) atoms. The number of hydrogen-bond donors (Lipinski definition) is 0. The maximum Gasteiger partial charge on any atom is 0.143 e. The molecule has 6 aromatic carbocycles. The molecule has 0 aliphatic heterocycles. The molecule has 0 bridgehead atoms. The largest absolute Gasteiger partial charge is 0.455 e. The van der Waals surface area contributed by atoms with Gasteiger partial charge in [-0.25, -0.2) is 0 Å². The fourth-order valence-electron chi connectivity index (χ4n) is 5.56. The first kappa shape index (κ1) is 21.6. The minimum Gasteiger partial charge on any atom is -0.455 e. The van der Waals surface area contributed by atoms with Crippen molar-refractivity contribution in [2.75, 3.05) is 0 Å². The third-order valence-corrected chi connectivity index (χ3v) is 7.33. The quantitative estimate of drug-likeness (QED) is 0.248. The Balaban J connectivity index is 1.23. The van der Waals surface area contributed by atoms with Gasteiger partial charge >= 0.3 is 0 Å². The molecular weight excluding hydrogens is 448 g/mol. The van der Waals surface area contributed by atoms with E-state index in [0.29, 0.717) is 0 Å². The molecule has 7 aromatic rings. The molecule has 0 saturated heterocycles. The van der Waals surface area contributed by atoms with E-state index < -0.39 is 0 Å². The van der Waals surface area contributed by atoms with Crippen LogP contribution in [0.25, 0.3) is 66.1 Å². The van der Waals surface area contributed by atoms with E-state index in [-0.39, 0.29) is 0 Å². The smallest absolute Gasteiger partial charge is 0.143 e. The lowest BCUT2D eigenvalue weighted by Crippen LogP contribution is -1.85. The summed E-state index contributed by atoms with van der Waals surface area (Å²) in [5, 5.41) is 4.83. The Morgan fingerprint density at radius 3 is 1.76 bits per heavy atom. The van der Waals surface area contributed by atoms with E-state index >= 15 is 0 Å². The van der Waals surface area contributed by atoms with Gasteiger partial charge < -0.3 is 4.42 Å². The number of para-hydroxylation sites is 2. The highest BCUT2D eigenvalue weighted by molar-refractivity contribution is 6.09. The summed E-state index contributed by atoms with van der Waals surface area (Å²) in [5.74, 6) is 0. The molecule has 0 spiro atoms. The zero-order valence-electron chi connectivity index (χ0n) is 21.0. The fraction of sp³-hybridized carbons (Fsp3) is 0.0556. The van der Waals surface area contributed by atoms with Crippen LogP contribution < -0.4 is 0 Å². The average molecular weight is 475 g/mol. The molecule has 0 radical (unpaired) electrons. The van der Waals surface area contributed by atoms with Gasteiger partial charge in [-0.2, -0.15) is 0 Å². The van der Waals surface area contributed by atoms with Gasteiger partial charge in [-0.05, 0) is 70.6 Å². The van der Waals surface area contributed by atoms with E-state index in [2.05, 4.69) is 123 Å². The summed E-state index contributed by atoms with van der Waals surface area (Å²) in [7, 11) is 0. The first-order chi connectivity index (χ1) is 18.1. The Morgan fingerprint density at radius 1 is 0.432 bits per heavy atom. The predicted molar refractivity (Wildman–Crippen MR) is 157 cm³/mol. The third-order valence-electron chi connectivity index (χ3n) is 7.33. The summed E-state index contributed by atoms with van der Waals surface area (Å²) >= 11 is 0. The van der Waals surface area contributed by atoms with E-state index in [1.54, 1.807) is 0 Å². The van der Waals surface area contributed by atoms with Gasteiger partial charge in [0.25, 0.3) is 0 Å². The van der Waals surface area contributed by atoms with Gasteiger partial charge in [-0.3, -0.25) is 0 Å². The summed E-state index contributed by atoms with van der Waals surface area (Å²) in [5.41, 5.74) is 11.7. The maximum absolute atomic E-state index is 6.26. The molecule has 0 saturated carbocycles. The minimum absolute atomic E-state index is 0.929. The van der Waals surface area contributed by atoms with Crippen LogP contribution in [0.3, 0.4) is 0 Å². The van der Waals surface area contributed by atoms with Crippen molar-refractivity contribution in [2.45, 2.75) is 13.8 Å². The number of rotatable bonds is 3. The van der Waals surface area contributed by atoms with Crippen molar-refractivity contribution >= 4 is 32.7 Å². The van der Waals surface area contributed by atoms with E-state index in [1.165, 1.54) is 44.2 Å². The first-order valence-electron chi connectivity index (χ1n) is 12.8. The van der Waals surface area contributed by atoms with E-state index in [0.717, 1.165) is 33.1 Å². The van der Waals surface area contributed by atoms with Crippen LogP contribution in [-0.2, 0) is 0 Å². The van der Waals surface area contributed by atoms with Crippen LogP contribution in [0.5, 0.6) is 0 Å². The standard InChI is InChI=1S/C36H26O/c1-23-18-24(2)20-31(19-23)30-17-16-28-21-27(14-15-29(28)22-30)25-10-12-26(13-11-25)32-7-5-8-34-33-6-3-4-9-35(33)37-36(32)34/h3-22H,1-2H3. The molecule has 0 atom stereocenters. The molecule has 7 rings (SSSR count). The van der Waals surface area contributed by atoms with E-state index in [9.17, 15) is 0 Å². The molecule has 1 heteroatoms. The topological polar surface area (TPSA) is 13.1 Å². The molecule has 0 aliphatic rings. The highest BCUT2D eigenvalue weighted by atomic mass is 16.3. The van der Waals surface area contributed by atoms with Gasteiger partial charge in [-0.1, -0.05) is 114 Å². The minimum atomic E-state index is 0.929. The Kier molecular flexibility index (Phi) is 4.97. The monoisotopic (exact) mass is 474 g/mol. The van der Waals surface area contributed by atoms with Crippen molar-refractivity contribution in [3.63, 3.8) is 0 Å². The SMILES string of the molecule is Cc1cc(C)cc(-c2ccc3cc(-c4ccc(-c5cccc6c5oc5ccccc56)cc4)ccc3c2)c1. The highest BCUT2D eigenvalue weighted by Gasteiger charge is 2.12. The molecule has 1 heterocycles. The van der Waals surface area contributed by atoms with Crippen LogP contribution in [0.1, 0.15) is 11.1 Å². The Hall–Kier alpha value is -4.62. The van der Waals surface area contributed by atoms with Crippen LogP contribution in [0.4, 0.5) is 0 Å². The molecule has 1 aromatic heterocycles. The molecule has 0 amide bonds. The van der Waals surface area contributed by atoms with Crippen molar-refractivity contribution < 1.29 is 4.42 Å². The summed E-state index contributed by atoms with van der Waals surface area (Å²) < 4.78 is 6.26. The predicted octanol–water partition coefficient (Wildman–Crippen LogP) is 10.4. The van der Waals surface area contributed by atoms with Crippen molar-refractivity contribution in [3.8, 4) is 33.4 Å².